The fourth-order valence-electron chi connectivity index (χ4n) is 9.31. The average molecular weight is 915 g/mol. The molecule has 5 amide bonds. The lowest BCUT2D eigenvalue weighted by Gasteiger charge is -2.38. The van der Waals surface area contributed by atoms with Crippen molar-refractivity contribution in [2.24, 2.45) is 0 Å². The van der Waals surface area contributed by atoms with E-state index in [0.717, 1.165) is 28.3 Å². The fourth-order valence-corrected chi connectivity index (χ4v) is 9.43. The molecule has 16 nitrogen and oxygen atoms in total. The van der Waals surface area contributed by atoms with Crippen LogP contribution in [0.25, 0.3) is 0 Å². The molecule has 1 aromatic heterocycles. The molecule has 4 aliphatic rings. The van der Waals surface area contributed by atoms with Gasteiger partial charge in [0, 0.05) is 69.2 Å². The van der Waals surface area contributed by atoms with E-state index < -0.39 is 35.8 Å². The molecule has 7 rings (SSSR count). The number of nitrogens with one attached hydrogen (secondary N) is 1. The summed E-state index contributed by atoms with van der Waals surface area (Å²) in [6, 6.07) is 11.6. The third kappa shape index (κ3) is 11.8. The van der Waals surface area contributed by atoms with E-state index >= 15 is 0 Å². The van der Waals surface area contributed by atoms with Gasteiger partial charge in [0.25, 0.3) is 11.8 Å². The van der Waals surface area contributed by atoms with Gasteiger partial charge in [-0.3, -0.25) is 39.0 Å². The smallest absolute Gasteiger partial charge is 0.262 e. The van der Waals surface area contributed by atoms with Crippen LogP contribution in [0.4, 0.5) is 5.82 Å². The standard InChI is InChI=1S/C48H59ClN6O10/c1-31-29-39(57)43-41(31)44(51-30-50-43)53-19-21-54(22-20-53)46(60)36(32-13-15-34(49)16-14-32)11-3-2-9-35(56)10-6-24-64-26-28-65-27-25-63-23-5-8-33-7-4-12-37-42(33)48(62)55(47(37)61)38-17-18-40(58)52-45(38)59/h4,7,12-16,30-31,36,38-39,57H,2-3,5-6,8-11,17-29H2,1H3,(H,52,58,59)/t31-,36-,38?,39-/m1/s1. The van der Waals surface area contributed by atoms with Crippen molar-refractivity contribution in [3.05, 3.63) is 87.3 Å². The Morgan fingerprint density at radius 1 is 0.846 bits per heavy atom. The second-order valence-electron chi connectivity index (χ2n) is 17.2. The number of rotatable bonds is 23. The van der Waals surface area contributed by atoms with Crippen LogP contribution in [0, 0.1) is 0 Å². The van der Waals surface area contributed by atoms with Gasteiger partial charge in [-0.05, 0) is 80.2 Å². The molecule has 65 heavy (non-hydrogen) atoms. The molecule has 2 fully saturated rings. The summed E-state index contributed by atoms with van der Waals surface area (Å²) in [6.45, 7) is 6.94. The van der Waals surface area contributed by atoms with Gasteiger partial charge in [0.05, 0.1) is 55.3 Å². The topological polar surface area (TPSA) is 198 Å². The lowest BCUT2D eigenvalue weighted by molar-refractivity contribution is -0.136. The van der Waals surface area contributed by atoms with Crippen LogP contribution in [0.15, 0.2) is 48.8 Å². The predicted molar refractivity (Wildman–Crippen MR) is 240 cm³/mol. The summed E-state index contributed by atoms with van der Waals surface area (Å²) in [6.07, 6.45) is 6.46. The Bertz CT molecular complexity index is 2200. The largest absolute Gasteiger partial charge is 0.387 e. The number of aliphatic hydroxyl groups is 1. The van der Waals surface area contributed by atoms with Crippen LogP contribution < -0.4 is 10.2 Å². The molecule has 1 aliphatic carbocycles. The molecular weight excluding hydrogens is 856 g/mol. The number of carbonyl (C=O) groups is 6. The summed E-state index contributed by atoms with van der Waals surface area (Å²) in [5.41, 5.74) is 3.93. The zero-order chi connectivity index (χ0) is 45.9. The number of piperidine rings is 1. The average Bonchev–Trinajstić information content (AvgIpc) is 3.74. The lowest BCUT2D eigenvalue weighted by Crippen LogP contribution is -2.54. The molecular formula is C48H59ClN6O10. The van der Waals surface area contributed by atoms with Crippen LogP contribution >= 0.6 is 11.6 Å². The Morgan fingerprint density at radius 3 is 2.26 bits per heavy atom. The SMILES string of the molecule is C[C@@H]1C[C@@H](O)c2ncnc(N3CCN(C(=O)[C@H](CCCCC(=O)CCCOCCOCCOCCCc4cccc5c4C(=O)N(C4CCC(=O)NC4=O)C5=O)c4ccc(Cl)cc4)CC3)c21. The van der Waals surface area contributed by atoms with E-state index in [9.17, 15) is 33.9 Å². The number of anilines is 1. The molecule has 3 aliphatic heterocycles. The zero-order valence-electron chi connectivity index (χ0n) is 37.0. The summed E-state index contributed by atoms with van der Waals surface area (Å²) in [4.78, 5) is 91.0. The second kappa shape index (κ2) is 22.9. The van der Waals surface area contributed by atoms with Gasteiger partial charge in [-0.2, -0.15) is 0 Å². The van der Waals surface area contributed by atoms with Crippen LogP contribution in [0.1, 0.15) is 132 Å². The summed E-state index contributed by atoms with van der Waals surface area (Å²) in [5.74, 6) is -1.13. The molecule has 17 heteroatoms. The Labute approximate surface area is 384 Å². The highest BCUT2D eigenvalue weighted by Crippen LogP contribution is 2.43. The van der Waals surface area contributed by atoms with E-state index in [-0.39, 0.29) is 41.9 Å². The Hall–Kier alpha value is -5.13. The molecule has 0 bridgehead atoms. The number of aromatic nitrogens is 2. The third-order valence-electron chi connectivity index (χ3n) is 12.7. The zero-order valence-corrected chi connectivity index (χ0v) is 37.8. The number of amides is 5. The minimum atomic E-state index is -0.999. The van der Waals surface area contributed by atoms with Gasteiger partial charge in [0.1, 0.15) is 24.0 Å². The van der Waals surface area contributed by atoms with Crippen molar-refractivity contribution in [3.63, 3.8) is 0 Å². The first-order valence-electron chi connectivity index (χ1n) is 22.9. The number of ether oxygens (including phenoxy) is 3. The van der Waals surface area contributed by atoms with Crippen molar-refractivity contribution in [3.8, 4) is 0 Å². The number of ketones is 1. The molecule has 4 atom stereocenters. The number of carbonyl (C=O) groups excluding carboxylic acids is 6. The number of fused-ring (bicyclic) bond motifs is 2. The number of halogens is 1. The number of aryl methyl sites for hydroxylation is 1. The van der Waals surface area contributed by atoms with Crippen molar-refractivity contribution in [2.45, 2.75) is 102 Å². The third-order valence-corrected chi connectivity index (χ3v) is 13.0. The number of nitrogens with zero attached hydrogens (tertiary/aromatic N) is 5. The van der Waals surface area contributed by atoms with Crippen LogP contribution in [-0.4, -0.2) is 132 Å². The van der Waals surface area contributed by atoms with Gasteiger partial charge < -0.3 is 29.1 Å². The molecule has 2 aromatic carbocycles. The fraction of sp³-hybridized carbons (Fsp3) is 0.542. The summed E-state index contributed by atoms with van der Waals surface area (Å²) >= 11 is 6.19. The number of Topliss-reactive ketones (excluding diaryl/α,β-unsaturated/α-hetero) is 1. The van der Waals surface area contributed by atoms with Crippen molar-refractivity contribution >= 4 is 52.7 Å². The van der Waals surface area contributed by atoms with E-state index in [1.165, 1.54) is 6.33 Å². The molecule has 3 aromatic rings. The van der Waals surface area contributed by atoms with E-state index in [1.807, 2.05) is 29.2 Å². The van der Waals surface area contributed by atoms with Crippen molar-refractivity contribution in [1.82, 2.24) is 25.1 Å². The highest BCUT2D eigenvalue weighted by atomic mass is 35.5. The van der Waals surface area contributed by atoms with E-state index in [4.69, 9.17) is 25.8 Å². The van der Waals surface area contributed by atoms with Crippen molar-refractivity contribution in [1.29, 1.82) is 0 Å². The Balaban J connectivity index is 0.725. The summed E-state index contributed by atoms with van der Waals surface area (Å²) in [5, 5.41) is 13.3. The van der Waals surface area contributed by atoms with Crippen molar-refractivity contribution < 1.29 is 48.1 Å². The number of imide groups is 2. The van der Waals surface area contributed by atoms with Crippen LogP contribution in [-0.2, 0) is 39.8 Å². The number of piperazine rings is 1. The monoisotopic (exact) mass is 914 g/mol. The quantitative estimate of drug-likeness (QED) is 0.0943. The Kier molecular flexibility index (Phi) is 16.8. The molecule has 0 saturated carbocycles. The van der Waals surface area contributed by atoms with Gasteiger partial charge in [0.2, 0.25) is 17.7 Å². The van der Waals surface area contributed by atoms with Gasteiger partial charge in [-0.15, -0.1) is 0 Å². The second-order valence-corrected chi connectivity index (χ2v) is 17.6. The molecule has 348 valence electrons. The first-order chi connectivity index (χ1) is 31.5. The van der Waals surface area contributed by atoms with Crippen LogP contribution in [0.3, 0.4) is 0 Å². The number of benzene rings is 2. The van der Waals surface area contributed by atoms with E-state index in [0.29, 0.717) is 139 Å². The first-order valence-corrected chi connectivity index (χ1v) is 23.3. The number of aliphatic hydroxyl groups excluding tert-OH is 1. The summed E-state index contributed by atoms with van der Waals surface area (Å²) < 4.78 is 17.0. The normalized spacial score (nSPS) is 20.0. The maximum absolute atomic E-state index is 14.0. The van der Waals surface area contributed by atoms with Crippen LogP contribution in [0.5, 0.6) is 0 Å². The predicted octanol–water partition coefficient (Wildman–Crippen LogP) is 5.10. The van der Waals surface area contributed by atoms with Gasteiger partial charge in [-0.25, -0.2) is 9.97 Å². The van der Waals surface area contributed by atoms with Crippen molar-refractivity contribution in [2.75, 3.05) is 70.7 Å². The highest BCUT2D eigenvalue weighted by Gasteiger charge is 2.45. The van der Waals surface area contributed by atoms with Gasteiger partial charge in [0.15, 0.2) is 0 Å². The lowest BCUT2D eigenvalue weighted by atomic mass is 9.91. The van der Waals surface area contributed by atoms with Gasteiger partial charge >= 0.3 is 0 Å². The highest BCUT2D eigenvalue weighted by molar-refractivity contribution is 6.30. The Morgan fingerprint density at radius 2 is 1.54 bits per heavy atom. The minimum Gasteiger partial charge on any atom is -0.387 e. The maximum Gasteiger partial charge on any atom is 0.262 e. The molecule has 2 N–H and O–H groups in total. The number of hydrogen-bond donors (Lipinski definition) is 2. The molecule has 0 radical (unpaired) electrons. The molecule has 2 saturated heterocycles. The van der Waals surface area contributed by atoms with E-state index in [2.05, 4.69) is 27.1 Å². The maximum atomic E-state index is 14.0. The van der Waals surface area contributed by atoms with E-state index in [1.54, 1.807) is 18.2 Å². The molecule has 4 heterocycles. The van der Waals surface area contributed by atoms with Crippen LogP contribution in [0.2, 0.25) is 5.02 Å². The first kappa shape index (κ1) is 47.8. The molecule has 1 unspecified atom stereocenters. The number of unbranched alkanes of at least 4 members (excludes halogenated alkanes) is 1. The minimum absolute atomic E-state index is 0.0693. The van der Waals surface area contributed by atoms with Gasteiger partial charge in [-0.1, -0.05) is 49.2 Å². The molecule has 0 spiro atoms. The number of hydrogen-bond acceptors (Lipinski definition) is 13. The summed E-state index contributed by atoms with van der Waals surface area (Å²) in [7, 11) is 0.